The molecule has 2 aromatic rings. The lowest BCUT2D eigenvalue weighted by molar-refractivity contribution is 0.571. The number of hydrogen-bond donors (Lipinski definition) is 2. The molecule has 0 bridgehead atoms. The molecule has 2 rings (SSSR count). The van der Waals surface area contributed by atoms with E-state index in [0.717, 1.165) is 6.07 Å². The fraction of sp³-hybridized carbons (Fsp3) is 0. The van der Waals surface area contributed by atoms with Gasteiger partial charge in [0.15, 0.2) is 0 Å². The van der Waals surface area contributed by atoms with Crippen LogP contribution in [0, 0.1) is 5.82 Å². The quantitative estimate of drug-likeness (QED) is 0.672. The van der Waals surface area contributed by atoms with E-state index in [2.05, 4.69) is 9.71 Å². The number of pyridine rings is 1. The van der Waals surface area contributed by atoms with E-state index in [1.807, 2.05) is 0 Å². The topological polar surface area (TPSA) is 85.1 Å². The Morgan fingerprint density at radius 1 is 1.21 bits per heavy atom. The lowest BCUT2D eigenvalue weighted by Crippen LogP contribution is -2.17. The third-order valence-electron chi connectivity index (χ3n) is 2.22. The molecule has 3 N–H and O–H groups in total. The van der Waals surface area contributed by atoms with Crippen LogP contribution in [0.1, 0.15) is 0 Å². The maximum absolute atomic E-state index is 13.6. The largest absolute Gasteiger partial charge is 0.398 e. The molecule has 0 spiro atoms. The van der Waals surface area contributed by atoms with Crippen LogP contribution in [0.25, 0.3) is 0 Å². The summed E-state index contributed by atoms with van der Waals surface area (Å²) < 4.78 is 39.8. The average molecular weight is 302 g/mol. The first-order chi connectivity index (χ1) is 8.90. The molecule has 5 nitrogen and oxygen atoms in total. The average Bonchev–Trinajstić information content (AvgIpc) is 2.27. The lowest BCUT2D eigenvalue weighted by atomic mass is 10.3. The van der Waals surface area contributed by atoms with Crippen molar-refractivity contribution >= 4 is 33.1 Å². The SMILES string of the molecule is Nc1cccc(F)c1S(=O)(=O)Nc1cccc(Cl)n1. The Hall–Kier alpha value is -1.86. The van der Waals surface area contributed by atoms with Crippen LogP contribution in [0.4, 0.5) is 15.9 Å². The molecule has 0 unspecified atom stereocenters. The van der Waals surface area contributed by atoms with Crippen LogP contribution in [0.2, 0.25) is 5.15 Å². The van der Waals surface area contributed by atoms with E-state index < -0.39 is 20.7 Å². The van der Waals surface area contributed by atoms with E-state index in [1.165, 1.54) is 30.3 Å². The first kappa shape index (κ1) is 13.6. The van der Waals surface area contributed by atoms with Crippen LogP contribution in [-0.4, -0.2) is 13.4 Å². The zero-order valence-electron chi connectivity index (χ0n) is 9.47. The van der Waals surface area contributed by atoms with Gasteiger partial charge in [-0.05, 0) is 24.3 Å². The molecule has 19 heavy (non-hydrogen) atoms. The fourth-order valence-electron chi connectivity index (χ4n) is 1.46. The molecule has 0 atom stereocenters. The minimum Gasteiger partial charge on any atom is -0.398 e. The second kappa shape index (κ2) is 5.02. The number of hydrogen-bond acceptors (Lipinski definition) is 4. The maximum atomic E-state index is 13.6. The monoisotopic (exact) mass is 301 g/mol. The standard InChI is InChI=1S/C11H9ClFN3O2S/c12-9-5-2-6-10(15-9)16-19(17,18)11-7(13)3-1-4-8(11)14/h1-6H,14H2,(H,15,16). The molecule has 0 radical (unpaired) electrons. The minimum atomic E-state index is -4.16. The second-order valence-corrected chi connectivity index (χ2v) is 5.62. The number of benzene rings is 1. The van der Waals surface area contributed by atoms with Crippen LogP contribution < -0.4 is 10.5 Å². The van der Waals surface area contributed by atoms with Crippen molar-refractivity contribution in [3.05, 3.63) is 47.4 Å². The molecule has 0 amide bonds. The summed E-state index contributed by atoms with van der Waals surface area (Å²) in [6.45, 7) is 0. The lowest BCUT2D eigenvalue weighted by Gasteiger charge is -2.10. The number of nitrogens with zero attached hydrogens (tertiary/aromatic N) is 1. The summed E-state index contributed by atoms with van der Waals surface area (Å²) in [5, 5.41) is 0.113. The first-order valence-corrected chi connectivity index (χ1v) is 6.95. The first-order valence-electron chi connectivity index (χ1n) is 5.09. The zero-order valence-corrected chi connectivity index (χ0v) is 11.0. The summed E-state index contributed by atoms with van der Waals surface area (Å²) in [7, 11) is -4.16. The Kier molecular flexibility index (Phi) is 3.59. The molecular formula is C11H9ClFN3O2S. The van der Waals surface area contributed by atoms with Gasteiger partial charge in [0, 0.05) is 0 Å². The predicted octanol–water partition coefficient (Wildman–Crippen LogP) is 2.26. The fourth-order valence-corrected chi connectivity index (χ4v) is 2.82. The molecule has 1 heterocycles. The Morgan fingerprint density at radius 2 is 1.89 bits per heavy atom. The zero-order chi connectivity index (χ0) is 14.0. The van der Waals surface area contributed by atoms with Gasteiger partial charge in [-0.15, -0.1) is 0 Å². The molecule has 0 aliphatic rings. The molecular weight excluding hydrogens is 293 g/mol. The van der Waals surface area contributed by atoms with Crippen molar-refractivity contribution in [3.8, 4) is 0 Å². The summed E-state index contributed by atoms with van der Waals surface area (Å²) in [6, 6.07) is 8.01. The molecule has 0 saturated heterocycles. The minimum absolute atomic E-state index is 0.0184. The third-order valence-corrected chi connectivity index (χ3v) is 3.88. The van der Waals surface area contributed by atoms with Crippen molar-refractivity contribution in [1.82, 2.24) is 4.98 Å². The van der Waals surface area contributed by atoms with Gasteiger partial charge < -0.3 is 5.73 Å². The molecule has 1 aromatic carbocycles. The second-order valence-electron chi connectivity index (χ2n) is 3.61. The van der Waals surface area contributed by atoms with Crippen molar-refractivity contribution < 1.29 is 12.8 Å². The van der Waals surface area contributed by atoms with Crippen LogP contribution >= 0.6 is 11.6 Å². The molecule has 1 aromatic heterocycles. The van der Waals surface area contributed by atoms with Gasteiger partial charge in [0.2, 0.25) is 0 Å². The van der Waals surface area contributed by atoms with Gasteiger partial charge in [-0.2, -0.15) is 0 Å². The van der Waals surface area contributed by atoms with Gasteiger partial charge in [-0.3, -0.25) is 4.72 Å². The predicted molar refractivity (Wildman–Crippen MR) is 70.9 cm³/mol. The van der Waals surface area contributed by atoms with Crippen LogP contribution in [-0.2, 0) is 10.0 Å². The highest BCUT2D eigenvalue weighted by Gasteiger charge is 2.22. The number of nitrogens with two attached hydrogens (primary N) is 1. The molecule has 0 aliphatic carbocycles. The van der Waals surface area contributed by atoms with Gasteiger partial charge in [0.1, 0.15) is 21.7 Å². The van der Waals surface area contributed by atoms with Crippen molar-refractivity contribution in [2.24, 2.45) is 0 Å². The van der Waals surface area contributed by atoms with Crippen molar-refractivity contribution in [2.45, 2.75) is 4.90 Å². The van der Waals surface area contributed by atoms with Gasteiger partial charge in [-0.25, -0.2) is 17.8 Å². The normalized spacial score (nSPS) is 11.3. The molecule has 8 heteroatoms. The van der Waals surface area contributed by atoms with Gasteiger partial charge in [-0.1, -0.05) is 23.7 Å². The number of rotatable bonds is 3. The van der Waals surface area contributed by atoms with Crippen LogP contribution in [0.5, 0.6) is 0 Å². The van der Waals surface area contributed by atoms with Crippen molar-refractivity contribution in [3.63, 3.8) is 0 Å². The maximum Gasteiger partial charge on any atom is 0.268 e. The van der Waals surface area contributed by atoms with Gasteiger partial charge >= 0.3 is 0 Å². The van der Waals surface area contributed by atoms with Crippen LogP contribution in [0.15, 0.2) is 41.3 Å². The van der Waals surface area contributed by atoms with Gasteiger partial charge in [0.05, 0.1) is 5.69 Å². The molecule has 0 saturated carbocycles. The summed E-state index contributed by atoms with van der Waals surface area (Å²) in [6.07, 6.45) is 0. The molecule has 0 aliphatic heterocycles. The van der Waals surface area contributed by atoms with Gasteiger partial charge in [0.25, 0.3) is 10.0 Å². The number of nitrogen functional groups attached to an aromatic ring is 1. The number of aromatic nitrogens is 1. The van der Waals surface area contributed by atoms with E-state index in [9.17, 15) is 12.8 Å². The summed E-state index contributed by atoms with van der Waals surface area (Å²) >= 11 is 5.64. The number of halogens is 2. The summed E-state index contributed by atoms with van der Waals surface area (Å²) in [5.41, 5.74) is 5.30. The van der Waals surface area contributed by atoms with Crippen molar-refractivity contribution in [2.75, 3.05) is 10.5 Å². The number of nitrogens with one attached hydrogen (secondary N) is 1. The highest BCUT2D eigenvalue weighted by Crippen LogP contribution is 2.24. The Morgan fingerprint density at radius 3 is 2.53 bits per heavy atom. The van der Waals surface area contributed by atoms with Crippen LogP contribution in [0.3, 0.4) is 0 Å². The van der Waals surface area contributed by atoms with E-state index in [4.69, 9.17) is 17.3 Å². The summed E-state index contributed by atoms with van der Waals surface area (Å²) in [4.78, 5) is 3.14. The summed E-state index contributed by atoms with van der Waals surface area (Å²) in [5.74, 6) is -0.954. The molecule has 0 fully saturated rings. The Bertz CT molecular complexity index is 701. The van der Waals surface area contributed by atoms with E-state index in [-0.39, 0.29) is 16.7 Å². The highest BCUT2D eigenvalue weighted by atomic mass is 35.5. The highest BCUT2D eigenvalue weighted by molar-refractivity contribution is 7.92. The smallest absolute Gasteiger partial charge is 0.268 e. The van der Waals surface area contributed by atoms with E-state index in [1.54, 1.807) is 0 Å². The van der Waals surface area contributed by atoms with E-state index in [0.29, 0.717) is 0 Å². The third kappa shape index (κ3) is 2.94. The Labute approximate surface area is 114 Å². The van der Waals surface area contributed by atoms with E-state index >= 15 is 0 Å². The number of sulfonamides is 1. The van der Waals surface area contributed by atoms with Crippen molar-refractivity contribution in [1.29, 1.82) is 0 Å². The Balaban J connectivity index is 2.44. The number of anilines is 2. The molecule has 100 valence electrons.